The highest BCUT2D eigenvalue weighted by Gasteiger charge is 2.01. The monoisotopic (exact) mass is 218 g/mol. The highest BCUT2D eigenvalue weighted by molar-refractivity contribution is 5.37. The molecule has 0 radical (unpaired) electrons. The number of hydrogen-bond donors (Lipinski definition) is 1. The topological polar surface area (TPSA) is 66.0 Å². The first-order valence-corrected chi connectivity index (χ1v) is 5.19. The molecule has 0 saturated carbocycles. The predicted molar refractivity (Wildman–Crippen MR) is 61.6 cm³/mol. The SMILES string of the molecule is CCCOc1cncc(-n2ccc(N)n2)c1. The van der Waals surface area contributed by atoms with E-state index in [1.54, 1.807) is 29.3 Å². The van der Waals surface area contributed by atoms with Crippen LogP contribution in [0.5, 0.6) is 5.75 Å². The Balaban J connectivity index is 2.22. The second-order valence-electron chi connectivity index (χ2n) is 3.41. The molecule has 0 fully saturated rings. The van der Waals surface area contributed by atoms with Gasteiger partial charge in [-0.1, -0.05) is 6.92 Å². The number of pyridine rings is 1. The molecule has 2 heterocycles. The number of nitrogens with zero attached hydrogens (tertiary/aromatic N) is 3. The lowest BCUT2D eigenvalue weighted by Crippen LogP contribution is -2.00. The van der Waals surface area contributed by atoms with Crippen LogP contribution in [0.25, 0.3) is 5.69 Å². The van der Waals surface area contributed by atoms with Gasteiger partial charge in [-0.2, -0.15) is 5.10 Å². The highest BCUT2D eigenvalue weighted by Crippen LogP contribution is 2.15. The minimum Gasteiger partial charge on any atom is -0.492 e. The number of anilines is 1. The Morgan fingerprint density at radius 3 is 3.00 bits per heavy atom. The van der Waals surface area contributed by atoms with E-state index in [0.29, 0.717) is 12.4 Å². The molecule has 16 heavy (non-hydrogen) atoms. The van der Waals surface area contributed by atoms with E-state index in [-0.39, 0.29) is 0 Å². The molecule has 0 aliphatic rings. The van der Waals surface area contributed by atoms with E-state index in [9.17, 15) is 0 Å². The minimum absolute atomic E-state index is 0.486. The van der Waals surface area contributed by atoms with Crippen molar-refractivity contribution in [2.45, 2.75) is 13.3 Å². The van der Waals surface area contributed by atoms with Crippen molar-refractivity contribution in [3.05, 3.63) is 30.7 Å². The van der Waals surface area contributed by atoms with E-state index < -0.39 is 0 Å². The number of ether oxygens (including phenoxy) is 1. The van der Waals surface area contributed by atoms with E-state index in [2.05, 4.69) is 17.0 Å². The van der Waals surface area contributed by atoms with E-state index in [0.717, 1.165) is 17.9 Å². The van der Waals surface area contributed by atoms with Crippen molar-refractivity contribution >= 4 is 5.82 Å². The van der Waals surface area contributed by atoms with Gasteiger partial charge in [-0.25, -0.2) is 4.68 Å². The standard InChI is InChI=1S/C11H14N4O/c1-2-5-16-10-6-9(7-13-8-10)15-4-3-11(12)14-15/h3-4,6-8H,2,5H2,1H3,(H2,12,14). The quantitative estimate of drug-likeness (QED) is 0.847. The Morgan fingerprint density at radius 2 is 2.31 bits per heavy atom. The van der Waals surface area contributed by atoms with E-state index in [1.165, 1.54) is 0 Å². The molecule has 0 atom stereocenters. The molecule has 2 rings (SSSR count). The molecule has 0 aliphatic carbocycles. The van der Waals surface area contributed by atoms with Crippen LogP contribution in [0.1, 0.15) is 13.3 Å². The zero-order valence-corrected chi connectivity index (χ0v) is 9.13. The van der Waals surface area contributed by atoms with Gasteiger partial charge >= 0.3 is 0 Å². The number of rotatable bonds is 4. The molecule has 2 aromatic heterocycles. The van der Waals surface area contributed by atoms with Crippen LogP contribution in [-0.4, -0.2) is 21.4 Å². The Bertz CT molecular complexity index is 467. The van der Waals surface area contributed by atoms with Crippen LogP contribution >= 0.6 is 0 Å². The summed E-state index contributed by atoms with van der Waals surface area (Å²) in [7, 11) is 0. The third-order valence-corrected chi connectivity index (χ3v) is 2.05. The molecule has 0 unspecified atom stereocenters. The molecule has 0 saturated heterocycles. The van der Waals surface area contributed by atoms with Crippen molar-refractivity contribution in [1.29, 1.82) is 0 Å². The molecule has 5 nitrogen and oxygen atoms in total. The number of hydrogen-bond acceptors (Lipinski definition) is 4. The summed E-state index contributed by atoms with van der Waals surface area (Å²) >= 11 is 0. The number of aromatic nitrogens is 3. The van der Waals surface area contributed by atoms with Crippen molar-refractivity contribution in [3.63, 3.8) is 0 Å². The number of nitrogen functional groups attached to an aromatic ring is 1. The van der Waals surface area contributed by atoms with Crippen LogP contribution in [0.3, 0.4) is 0 Å². The zero-order chi connectivity index (χ0) is 11.4. The molecule has 0 amide bonds. The molecule has 0 spiro atoms. The van der Waals surface area contributed by atoms with Crippen molar-refractivity contribution in [1.82, 2.24) is 14.8 Å². The molecule has 5 heteroatoms. The molecule has 2 aromatic rings. The molecule has 0 aromatic carbocycles. The molecule has 2 N–H and O–H groups in total. The Hall–Kier alpha value is -2.04. The molecule has 0 bridgehead atoms. The molecular weight excluding hydrogens is 204 g/mol. The average Bonchev–Trinajstić information content (AvgIpc) is 2.74. The maximum atomic E-state index is 5.55. The predicted octanol–water partition coefficient (Wildman–Crippen LogP) is 1.64. The first-order valence-electron chi connectivity index (χ1n) is 5.19. The van der Waals surface area contributed by atoms with Crippen LogP contribution in [0.15, 0.2) is 30.7 Å². The Kier molecular flexibility index (Phi) is 3.05. The van der Waals surface area contributed by atoms with Crippen molar-refractivity contribution in [3.8, 4) is 11.4 Å². The van der Waals surface area contributed by atoms with Crippen LogP contribution in [0.2, 0.25) is 0 Å². The van der Waals surface area contributed by atoms with Gasteiger partial charge in [0.2, 0.25) is 0 Å². The van der Waals surface area contributed by atoms with Gasteiger partial charge in [-0.15, -0.1) is 0 Å². The van der Waals surface area contributed by atoms with Crippen molar-refractivity contribution in [2.24, 2.45) is 0 Å². The largest absolute Gasteiger partial charge is 0.492 e. The summed E-state index contributed by atoms with van der Waals surface area (Å²) < 4.78 is 7.16. The van der Waals surface area contributed by atoms with Crippen LogP contribution in [0, 0.1) is 0 Å². The summed E-state index contributed by atoms with van der Waals surface area (Å²) in [5, 5.41) is 4.10. The second-order valence-corrected chi connectivity index (χ2v) is 3.41. The van der Waals surface area contributed by atoms with E-state index >= 15 is 0 Å². The average molecular weight is 218 g/mol. The lowest BCUT2D eigenvalue weighted by molar-refractivity contribution is 0.316. The fraction of sp³-hybridized carbons (Fsp3) is 0.273. The maximum Gasteiger partial charge on any atom is 0.145 e. The fourth-order valence-electron chi connectivity index (χ4n) is 1.31. The van der Waals surface area contributed by atoms with Crippen LogP contribution in [-0.2, 0) is 0 Å². The van der Waals surface area contributed by atoms with Gasteiger partial charge in [0.05, 0.1) is 24.7 Å². The third-order valence-electron chi connectivity index (χ3n) is 2.05. The Labute approximate surface area is 93.9 Å². The van der Waals surface area contributed by atoms with Gasteiger partial charge in [0.1, 0.15) is 11.6 Å². The first-order chi connectivity index (χ1) is 7.79. The molecule has 0 aliphatic heterocycles. The van der Waals surface area contributed by atoms with Gasteiger partial charge in [0.15, 0.2) is 0 Å². The summed E-state index contributed by atoms with van der Waals surface area (Å²) in [6.45, 7) is 2.75. The fourth-order valence-corrected chi connectivity index (χ4v) is 1.31. The third kappa shape index (κ3) is 2.31. The Morgan fingerprint density at radius 1 is 1.44 bits per heavy atom. The normalized spacial score (nSPS) is 10.3. The lowest BCUT2D eigenvalue weighted by atomic mass is 10.4. The van der Waals surface area contributed by atoms with E-state index in [1.807, 2.05) is 6.07 Å². The molecular formula is C11H14N4O. The van der Waals surface area contributed by atoms with E-state index in [4.69, 9.17) is 10.5 Å². The zero-order valence-electron chi connectivity index (χ0n) is 9.13. The summed E-state index contributed by atoms with van der Waals surface area (Å²) in [5.41, 5.74) is 6.39. The van der Waals surface area contributed by atoms with Crippen LogP contribution < -0.4 is 10.5 Å². The summed E-state index contributed by atoms with van der Waals surface area (Å²) in [5.74, 6) is 1.23. The minimum atomic E-state index is 0.486. The second kappa shape index (κ2) is 4.65. The summed E-state index contributed by atoms with van der Waals surface area (Å²) in [4.78, 5) is 4.10. The van der Waals surface area contributed by atoms with Gasteiger partial charge < -0.3 is 10.5 Å². The van der Waals surface area contributed by atoms with Gasteiger partial charge in [-0.05, 0) is 6.42 Å². The molecule has 84 valence electrons. The van der Waals surface area contributed by atoms with Crippen molar-refractivity contribution < 1.29 is 4.74 Å². The summed E-state index contributed by atoms with van der Waals surface area (Å²) in [6, 6.07) is 3.62. The van der Waals surface area contributed by atoms with Gasteiger partial charge in [0.25, 0.3) is 0 Å². The van der Waals surface area contributed by atoms with Gasteiger partial charge in [-0.3, -0.25) is 4.98 Å². The lowest BCUT2D eigenvalue weighted by Gasteiger charge is -2.06. The summed E-state index contributed by atoms with van der Waals surface area (Å²) in [6.07, 6.45) is 6.16. The highest BCUT2D eigenvalue weighted by atomic mass is 16.5. The van der Waals surface area contributed by atoms with Crippen molar-refractivity contribution in [2.75, 3.05) is 12.3 Å². The van der Waals surface area contributed by atoms with Crippen LogP contribution in [0.4, 0.5) is 5.82 Å². The smallest absolute Gasteiger partial charge is 0.145 e. The first kappa shape index (κ1) is 10.5. The maximum absolute atomic E-state index is 5.55. The van der Waals surface area contributed by atoms with Gasteiger partial charge in [0, 0.05) is 18.3 Å². The number of nitrogens with two attached hydrogens (primary N) is 1.